The molecule has 170 valence electrons. The first kappa shape index (κ1) is 23.1. The summed E-state index contributed by atoms with van der Waals surface area (Å²) in [6, 6.07) is 15.2. The molecule has 0 spiro atoms. The Morgan fingerprint density at radius 2 is 1.48 bits per heavy atom. The number of aryl methyl sites for hydroxylation is 2. The summed E-state index contributed by atoms with van der Waals surface area (Å²) in [7, 11) is 0. The summed E-state index contributed by atoms with van der Waals surface area (Å²) in [5.74, 6) is -0.181. The van der Waals surface area contributed by atoms with Gasteiger partial charge < -0.3 is 5.32 Å². The van der Waals surface area contributed by atoms with Crippen molar-refractivity contribution >= 4 is 34.8 Å². The Kier molecular flexibility index (Phi) is 6.58. The number of rotatable bonds is 6. The number of anilines is 1. The van der Waals surface area contributed by atoms with Gasteiger partial charge in [0, 0.05) is 10.6 Å². The molecule has 8 heteroatoms. The van der Waals surface area contributed by atoms with E-state index in [9.17, 15) is 4.79 Å². The first-order valence-electron chi connectivity index (χ1n) is 10.6. The van der Waals surface area contributed by atoms with Crippen LogP contribution in [0.2, 0.25) is 10.0 Å². The van der Waals surface area contributed by atoms with Crippen molar-refractivity contribution in [1.29, 1.82) is 0 Å². The first-order valence-corrected chi connectivity index (χ1v) is 11.4. The molecule has 0 aliphatic carbocycles. The van der Waals surface area contributed by atoms with Gasteiger partial charge in [-0.1, -0.05) is 53.5 Å². The number of benzene rings is 2. The molecule has 4 aromatic rings. The average molecular weight is 482 g/mol. The minimum atomic E-state index is -0.181. The second-order valence-corrected chi connectivity index (χ2v) is 8.87. The van der Waals surface area contributed by atoms with Crippen LogP contribution in [0.5, 0.6) is 0 Å². The van der Waals surface area contributed by atoms with Crippen molar-refractivity contribution in [1.82, 2.24) is 19.6 Å². The number of halogens is 2. The van der Waals surface area contributed by atoms with Crippen LogP contribution in [0.4, 0.5) is 5.69 Å². The number of aromatic nitrogens is 4. The molecule has 0 radical (unpaired) electrons. The maximum Gasteiger partial charge on any atom is 0.255 e. The lowest BCUT2D eigenvalue weighted by atomic mass is 10.1. The van der Waals surface area contributed by atoms with Crippen LogP contribution >= 0.6 is 23.2 Å². The smallest absolute Gasteiger partial charge is 0.255 e. The van der Waals surface area contributed by atoms with E-state index in [2.05, 4.69) is 15.5 Å². The molecule has 0 aliphatic heterocycles. The summed E-state index contributed by atoms with van der Waals surface area (Å²) < 4.78 is 3.72. The SMILES string of the molecule is Cc1nn(Cc2ccc(C(=O)Nc3c(C)nn(Cc4ccccc4Cl)c3C)cc2)c(C)c1Cl. The van der Waals surface area contributed by atoms with Gasteiger partial charge in [0.2, 0.25) is 0 Å². The van der Waals surface area contributed by atoms with Crippen molar-refractivity contribution in [2.75, 3.05) is 5.32 Å². The van der Waals surface area contributed by atoms with E-state index in [1.807, 2.05) is 85.6 Å². The fourth-order valence-corrected chi connectivity index (χ4v) is 4.10. The molecule has 4 rings (SSSR count). The van der Waals surface area contributed by atoms with Gasteiger partial charge in [0.1, 0.15) is 0 Å². The normalized spacial score (nSPS) is 11.1. The van der Waals surface area contributed by atoms with Gasteiger partial charge in [0.25, 0.3) is 5.91 Å². The standard InChI is InChI=1S/C25H25Cl2N5O/c1-15-23(27)17(3)31(29-15)13-19-9-11-20(12-10-19)25(33)28-24-16(2)30-32(18(24)4)14-21-7-5-6-8-22(21)26/h5-12H,13-14H2,1-4H3,(H,28,33). The monoisotopic (exact) mass is 481 g/mol. The van der Waals surface area contributed by atoms with Crippen LogP contribution in [0.1, 0.15) is 44.3 Å². The molecule has 2 aromatic carbocycles. The lowest BCUT2D eigenvalue weighted by Gasteiger charge is -2.09. The van der Waals surface area contributed by atoms with E-state index in [0.29, 0.717) is 34.4 Å². The highest BCUT2D eigenvalue weighted by atomic mass is 35.5. The Balaban J connectivity index is 1.47. The highest BCUT2D eigenvalue weighted by Gasteiger charge is 2.16. The molecule has 0 saturated heterocycles. The Labute approximate surface area is 203 Å². The summed E-state index contributed by atoms with van der Waals surface area (Å²) in [5.41, 5.74) is 6.67. The van der Waals surface area contributed by atoms with Crippen LogP contribution < -0.4 is 5.32 Å². The number of hydrogen-bond acceptors (Lipinski definition) is 3. The van der Waals surface area contributed by atoms with E-state index in [4.69, 9.17) is 23.2 Å². The van der Waals surface area contributed by atoms with E-state index in [1.165, 1.54) is 0 Å². The minimum absolute atomic E-state index is 0.181. The molecule has 0 aliphatic rings. The zero-order valence-electron chi connectivity index (χ0n) is 19.0. The number of carbonyl (C=O) groups excluding carboxylic acids is 1. The van der Waals surface area contributed by atoms with Gasteiger partial charge in [-0.3, -0.25) is 14.2 Å². The molecule has 2 heterocycles. The fraction of sp³-hybridized carbons (Fsp3) is 0.240. The average Bonchev–Trinajstić information content (AvgIpc) is 3.19. The quantitative estimate of drug-likeness (QED) is 0.368. The van der Waals surface area contributed by atoms with Gasteiger partial charge in [-0.2, -0.15) is 10.2 Å². The van der Waals surface area contributed by atoms with Crippen molar-refractivity contribution in [3.05, 3.63) is 98.0 Å². The Bertz CT molecular complexity index is 1320. The summed E-state index contributed by atoms with van der Waals surface area (Å²) in [4.78, 5) is 12.9. The number of nitrogens with zero attached hydrogens (tertiary/aromatic N) is 4. The number of hydrogen-bond donors (Lipinski definition) is 1. The van der Waals surface area contributed by atoms with Gasteiger partial charge >= 0.3 is 0 Å². The third-order valence-electron chi connectivity index (χ3n) is 5.74. The number of amides is 1. The molecule has 0 fully saturated rings. The predicted octanol–water partition coefficient (Wildman–Crippen LogP) is 5.97. The fourth-order valence-electron chi connectivity index (χ4n) is 3.77. The van der Waals surface area contributed by atoms with E-state index in [0.717, 1.165) is 33.9 Å². The van der Waals surface area contributed by atoms with Gasteiger partial charge in [0.05, 0.1) is 46.6 Å². The van der Waals surface area contributed by atoms with Crippen LogP contribution in [0, 0.1) is 27.7 Å². The lowest BCUT2D eigenvalue weighted by Crippen LogP contribution is -2.13. The topological polar surface area (TPSA) is 64.7 Å². The second kappa shape index (κ2) is 9.41. The van der Waals surface area contributed by atoms with Gasteiger partial charge in [-0.15, -0.1) is 0 Å². The molecular formula is C25H25Cl2N5O. The van der Waals surface area contributed by atoms with Crippen molar-refractivity contribution in [3.63, 3.8) is 0 Å². The molecule has 33 heavy (non-hydrogen) atoms. The Hall–Kier alpha value is -3.09. The largest absolute Gasteiger partial charge is 0.319 e. The third-order valence-corrected chi connectivity index (χ3v) is 6.66. The number of carbonyl (C=O) groups is 1. The van der Waals surface area contributed by atoms with Crippen molar-refractivity contribution in [2.24, 2.45) is 0 Å². The van der Waals surface area contributed by atoms with Gasteiger partial charge in [-0.25, -0.2) is 0 Å². The van der Waals surface area contributed by atoms with Crippen molar-refractivity contribution < 1.29 is 4.79 Å². The second-order valence-electron chi connectivity index (χ2n) is 8.09. The van der Waals surface area contributed by atoms with E-state index >= 15 is 0 Å². The maximum absolute atomic E-state index is 12.9. The number of nitrogens with one attached hydrogen (secondary N) is 1. The molecule has 6 nitrogen and oxygen atoms in total. The van der Waals surface area contributed by atoms with E-state index in [-0.39, 0.29) is 5.91 Å². The molecule has 2 aromatic heterocycles. The van der Waals surface area contributed by atoms with E-state index in [1.54, 1.807) is 0 Å². The molecular weight excluding hydrogens is 457 g/mol. The first-order chi connectivity index (χ1) is 15.7. The van der Waals surface area contributed by atoms with Gasteiger partial charge in [-0.05, 0) is 57.0 Å². The van der Waals surface area contributed by atoms with Gasteiger partial charge in [0.15, 0.2) is 0 Å². The van der Waals surface area contributed by atoms with Crippen LogP contribution in [-0.4, -0.2) is 25.5 Å². The molecule has 0 saturated carbocycles. The van der Waals surface area contributed by atoms with Crippen LogP contribution in [0.3, 0.4) is 0 Å². The minimum Gasteiger partial charge on any atom is -0.319 e. The highest BCUT2D eigenvalue weighted by molar-refractivity contribution is 6.32. The van der Waals surface area contributed by atoms with Crippen LogP contribution in [0.25, 0.3) is 0 Å². The Morgan fingerprint density at radius 1 is 0.848 bits per heavy atom. The zero-order valence-corrected chi connectivity index (χ0v) is 20.5. The Morgan fingerprint density at radius 3 is 2.12 bits per heavy atom. The summed E-state index contributed by atoms with van der Waals surface area (Å²) in [6.07, 6.45) is 0. The molecule has 1 N–H and O–H groups in total. The third kappa shape index (κ3) is 4.82. The van der Waals surface area contributed by atoms with Crippen LogP contribution in [0.15, 0.2) is 48.5 Å². The lowest BCUT2D eigenvalue weighted by molar-refractivity contribution is 0.102. The highest BCUT2D eigenvalue weighted by Crippen LogP contribution is 2.24. The molecule has 1 amide bonds. The summed E-state index contributed by atoms with van der Waals surface area (Å²) in [5, 5.41) is 13.5. The zero-order chi connectivity index (χ0) is 23.7. The molecule has 0 unspecified atom stereocenters. The van der Waals surface area contributed by atoms with Crippen LogP contribution in [-0.2, 0) is 13.1 Å². The molecule has 0 atom stereocenters. The predicted molar refractivity (Wildman–Crippen MR) is 132 cm³/mol. The van der Waals surface area contributed by atoms with Crippen molar-refractivity contribution in [2.45, 2.75) is 40.8 Å². The molecule has 0 bridgehead atoms. The van der Waals surface area contributed by atoms with Crippen molar-refractivity contribution in [3.8, 4) is 0 Å². The summed E-state index contributed by atoms with van der Waals surface area (Å²) >= 11 is 12.5. The maximum atomic E-state index is 12.9. The van der Waals surface area contributed by atoms with E-state index < -0.39 is 0 Å². The summed E-state index contributed by atoms with van der Waals surface area (Å²) in [6.45, 7) is 8.78.